The van der Waals surface area contributed by atoms with Crippen molar-refractivity contribution in [1.29, 1.82) is 0 Å². The summed E-state index contributed by atoms with van der Waals surface area (Å²) in [5.74, 6) is 0.825. The summed E-state index contributed by atoms with van der Waals surface area (Å²) >= 11 is 0. The molecule has 0 fully saturated rings. The normalized spacial score (nSPS) is 17.8. The maximum atomic E-state index is 14.1. The van der Waals surface area contributed by atoms with Crippen LogP contribution in [0.25, 0.3) is 0 Å². The van der Waals surface area contributed by atoms with E-state index >= 15 is 0 Å². The molecule has 2 aromatic rings. The Labute approximate surface area is 117 Å². The number of aromatic nitrogens is 2. The van der Waals surface area contributed by atoms with E-state index in [1.807, 2.05) is 23.1 Å². The summed E-state index contributed by atoms with van der Waals surface area (Å²) in [6.07, 6.45) is 2.23. The van der Waals surface area contributed by atoms with Crippen LogP contribution in [0.5, 0.6) is 0 Å². The fourth-order valence-corrected chi connectivity index (χ4v) is 2.67. The zero-order valence-electron chi connectivity index (χ0n) is 11.6. The van der Waals surface area contributed by atoms with Gasteiger partial charge in [-0.3, -0.25) is 0 Å². The predicted molar refractivity (Wildman–Crippen MR) is 77.9 cm³/mol. The second-order valence-corrected chi connectivity index (χ2v) is 5.16. The van der Waals surface area contributed by atoms with Gasteiger partial charge in [0.15, 0.2) is 11.6 Å². The third kappa shape index (κ3) is 2.19. The molecule has 1 aromatic heterocycles. The highest BCUT2D eigenvalue weighted by molar-refractivity contribution is 5.66. The Kier molecular flexibility index (Phi) is 3.26. The fraction of sp³-hybridized carbons (Fsp3) is 0.333. The van der Waals surface area contributed by atoms with Gasteiger partial charge in [0.25, 0.3) is 0 Å². The van der Waals surface area contributed by atoms with Crippen molar-refractivity contribution in [1.82, 2.24) is 9.97 Å². The van der Waals surface area contributed by atoms with Crippen LogP contribution in [0.4, 0.5) is 21.8 Å². The lowest BCUT2D eigenvalue weighted by atomic mass is 9.94. The Morgan fingerprint density at radius 2 is 2.15 bits per heavy atom. The molecule has 0 radical (unpaired) electrons. The monoisotopic (exact) mass is 272 g/mol. The van der Waals surface area contributed by atoms with Gasteiger partial charge in [-0.05, 0) is 24.0 Å². The van der Waals surface area contributed by atoms with Crippen LogP contribution in [0.1, 0.15) is 12.5 Å². The summed E-state index contributed by atoms with van der Waals surface area (Å²) in [4.78, 5) is 10.1. The number of para-hydroxylation sites is 1. The smallest absolute Gasteiger partial charge is 0.224 e. The molecule has 104 valence electrons. The molecule has 1 aliphatic rings. The summed E-state index contributed by atoms with van der Waals surface area (Å²) in [5, 5.41) is 2.85. The lowest BCUT2D eigenvalue weighted by Crippen LogP contribution is -2.31. The molecule has 2 heterocycles. The minimum absolute atomic E-state index is 0.336. The van der Waals surface area contributed by atoms with Crippen molar-refractivity contribution in [2.45, 2.75) is 13.3 Å². The molecule has 4 nitrogen and oxygen atoms in total. The first kappa shape index (κ1) is 12.8. The lowest BCUT2D eigenvalue weighted by Gasteiger charge is -2.34. The maximum Gasteiger partial charge on any atom is 0.224 e. The minimum atomic E-state index is -0.395. The van der Waals surface area contributed by atoms with Gasteiger partial charge in [0.1, 0.15) is 0 Å². The van der Waals surface area contributed by atoms with Crippen molar-refractivity contribution in [2.24, 2.45) is 5.92 Å². The van der Waals surface area contributed by atoms with Gasteiger partial charge < -0.3 is 10.2 Å². The van der Waals surface area contributed by atoms with E-state index in [0.29, 0.717) is 17.7 Å². The van der Waals surface area contributed by atoms with E-state index in [1.165, 1.54) is 11.8 Å². The zero-order chi connectivity index (χ0) is 14.1. The van der Waals surface area contributed by atoms with Crippen LogP contribution in [0.2, 0.25) is 0 Å². The number of fused-ring (bicyclic) bond motifs is 1. The summed E-state index contributed by atoms with van der Waals surface area (Å²) in [5.41, 5.74) is 2.26. The van der Waals surface area contributed by atoms with E-state index in [9.17, 15) is 4.39 Å². The number of nitrogens with zero attached hydrogens (tertiary/aromatic N) is 3. The van der Waals surface area contributed by atoms with Gasteiger partial charge in [-0.15, -0.1) is 0 Å². The van der Waals surface area contributed by atoms with Gasteiger partial charge in [-0.1, -0.05) is 25.1 Å². The number of rotatable bonds is 2. The van der Waals surface area contributed by atoms with Crippen LogP contribution in [-0.4, -0.2) is 23.6 Å². The Morgan fingerprint density at radius 1 is 1.35 bits per heavy atom. The molecule has 20 heavy (non-hydrogen) atoms. The number of halogens is 1. The highest BCUT2D eigenvalue weighted by Gasteiger charge is 2.25. The first-order valence-corrected chi connectivity index (χ1v) is 6.74. The van der Waals surface area contributed by atoms with Gasteiger partial charge in [-0.25, -0.2) is 9.37 Å². The van der Waals surface area contributed by atoms with Crippen molar-refractivity contribution in [3.05, 3.63) is 41.8 Å². The second kappa shape index (κ2) is 5.07. The van der Waals surface area contributed by atoms with Crippen LogP contribution in [-0.2, 0) is 6.42 Å². The first-order valence-electron chi connectivity index (χ1n) is 6.74. The number of anilines is 3. The van der Waals surface area contributed by atoms with E-state index in [4.69, 9.17) is 0 Å². The summed E-state index contributed by atoms with van der Waals surface area (Å²) in [6.45, 7) is 2.93. The van der Waals surface area contributed by atoms with E-state index in [0.717, 1.165) is 18.7 Å². The molecule has 1 atom stereocenters. The molecule has 5 heteroatoms. The third-order valence-corrected chi connectivity index (χ3v) is 3.55. The van der Waals surface area contributed by atoms with E-state index in [-0.39, 0.29) is 0 Å². The molecule has 0 spiro atoms. The number of hydrogen-bond donors (Lipinski definition) is 1. The van der Waals surface area contributed by atoms with E-state index < -0.39 is 5.82 Å². The third-order valence-electron chi connectivity index (χ3n) is 3.55. The molecular weight excluding hydrogens is 255 g/mol. The Bertz CT molecular complexity index is 629. The van der Waals surface area contributed by atoms with Crippen molar-refractivity contribution in [3.8, 4) is 0 Å². The average Bonchev–Trinajstić information content (AvgIpc) is 2.47. The summed E-state index contributed by atoms with van der Waals surface area (Å²) in [7, 11) is 1.73. The van der Waals surface area contributed by atoms with Crippen LogP contribution in [0, 0.1) is 11.7 Å². The minimum Gasteiger partial charge on any atom is -0.357 e. The summed E-state index contributed by atoms with van der Waals surface area (Å²) < 4.78 is 14.1. The zero-order valence-corrected chi connectivity index (χ0v) is 11.6. The lowest BCUT2D eigenvalue weighted by molar-refractivity contribution is 0.546. The average molecular weight is 272 g/mol. The molecule has 0 bridgehead atoms. The van der Waals surface area contributed by atoms with E-state index in [1.54, 1.807) is 7.05 Å². The predicted octanol–water partition coefficient (Wildman–Crippen LogP) is 2.99. The molecule has 3 rings (SSSR count). The highest BCUT2D eigenvalue weighted by atomic mass is 19.1. The van der Waals surface area contributed by atoms with Gasteiger partial charge in [0, 0.05) is 19.3 Å². The number of benzene rings is 1. The quantitative estimate of drug-likeness (QED) is 0.912. The van der Waals surface area contributed by atoms with Crippen molar-refractivity contribution in [3.63, 3.8) is 0 Å². The largest absolute Gasteiger partial charge is 0.357 e. The van der Waals surface area contributed by atoms with Gasteiger partial charge in [0.2, 0.25) is 5.95 Å². The van der Waals surface area contributed by atoms with Gasteiger partial charge >= 0.3 is 0 Å². The van der Waals surface area contributed by atoms with Crippen LogP contribution >= 0.6 is 0 Å². The van der Waals surface area contributed by atoms with Crippen molar-refractivity contribution < 1.29 is 4.39 Å². The topological polar surface area (TPSA) is 41.1 Å². The SMILES string of the molecule is CNc1ncc(F)c(N2CC(C)Cc3ccccc32)n1. The van der Waals surface area contributed by atoms with Crippen LogP contribution < -0.4 is 10.2 Å². The maximum absolute atomic E-state index is 14.1. The number of nitrogens with one attached hydrogen (secondary N) is 1. The van der Waals surface area contributed by atoms with Crippen molar-refractivity contribution in [2.75, 3.05) is 23.8 Å². The Hall–Kier alpha value is -2.17. The van der Waals surface area contributed by atoms with Crippen LogP contribution in [0.3, 0.4) is 0 Å². The second-order valence-electron chi connectivity index (χ2n) is 5.16. The molecule has 0 saturated carbocycles. The van der Waals surface area contributed by atoms with Crippen molar-refractivity contribution >= 4 is 17.5 Å². The standard InChI is InChI=1S/C15H17FN4/c1-10-7-11-5-3-4-6-13(11)20(9-10)14-12(16)8-18-15(17-2)19-14/h3-6,8,10H,7,9H2,1-2H3,(H,17,18,19). The molecule has 1 unspecified atom stereocenters. The molecule has 0 amide bonds. The Balaban J connectivity index is 2.10. The highest BCUT2D eigenvalue weighted by Crippen LogP contribution is 2.35. The van der Waals surface area contributed by atoms with Gasteiger partial charge in [-0.2, -0.15) is 4.98 Å². The molecule has 0 saturated heterocycles. The molecule has 1 aromatic carbocycles. The number of hydrogen-bond acceptors (Lipinski definition) is 4. The van der Waals surface area contributed by atoms with Crippen LogP contribution in [0.15, 0.2) is 30.5 Å². The fourth-order valence-electron chi connectivity index (χ4n) is 2.67. The Morgan fingerprint density at radius 3 is 2.95 bits per heavy atom. The first-order chi connectivity index (χ1) is 9.69. The molecule has 1 aliphatic heterocycles. The molecule has 1 N–H and O–H groups in total. The molecular formula is C15H17FN4. The van der Waals surface area contributed by atoms with Gasteiger partial charge in [0.05, 0.1) is 6.20 Å². The molecule has 0 aliphatic carbocycles. The summed E-state index contributed by atoms with van der Waals surface area (Å²) in [6, 6.07) is 8.10. The van der Waals surface area contributed by atoms with E-state index in [2.05, 4.69) is 28.3 Å².